The molecule has 0 saturated heterocycles. The van der Waals surface area contributed by atoms with Crippen LogP contribution in [0.3, 0.4) is 0 Å². The lowest BCUT2D eigenvalue weighted by Gasteiger charge is -2.15. The fourth-order valence-electron chi connectivity index (χ4n) is 2.95. The van der Waals surface area contributed by atoms with Crippen molar-refractivity contribution in [2.45, 2.75) is 13.2 Å². The highest BCUT2D eigenvalue weighted by atomic mass is 16.5. The minimum absolute atomic E-state index is 0.215. The Balaban J connectivity index is 1.91. The van der Waals surface area contributed by atoms with Crippen molar-refractivity contribution in [1.82, 2.24) is 0 Å². The van der Waals surface area contributed by atoms with Crippen molar-refractivity contribution in [3.63, 3.8) is 0 Å². The van der Waals surface area contributed by atoms with Crippen LogP contribution in [0, 0.1) is 0 Å². The lowest BCUT2D eigenvalue weighted by atomic mass is 10.1. The van der Waals surface area contributed by atoms with Crippen LogP contribution in [0.15, 0.2) is 65.0 Å². The Morgan fingerprint density at radius 1 is 0.967 bits per heavy atom. The molecule has 0 bridgehead atoms. The summed E-state index contributed by atoms with van der Waals surface area (Å²) < 4.78 is 10.3. The van der Waals surface area contributed by atoms with Crippen molar-refractivity contribution in [3.05, 3.63) is 71.1 Å². The Bertz CT molecular complexity index is 1060. The standard InChI is InChI=1S/C22H24N4O4/c1-29-11-13-7-15(3-5-17(13)23)25-19-9-20(22(28)10-21(19)27)26-16-4-6-18(24)14(8-16)12-30-2/h3-10,25,28H,11-12,23-24H2,1-2H3/b26-20-. The molecular weight excluding hydrogens is 384 g/mol. The van der Waals surface area contributed by atoms with Gasteiger partial charge in [0.25, 0.3) is 0 Å². The maximum atomic E-state index is 12.4. The number of benzene rings is 2. The first-order valence-electron chi connectivity index (χ1n) is 9.18. The third kappa shape index (κ3) is 4.86. The SMILES string of the molecule is COCc1cc(/N=C2/C=C(Nc3ccc(N)c(COC)c3)C(=O)C=C2O)ccc1N. The number of nitrogen functional groups attached to an aromatic ring is 2. The van der Waals surface area contributed by atoms with Gasteiger partial charge in [-0.05, 0) is 42.5 Å². The predicted molar refractivity (Wildman–Crippen MR) is 118 cm³/mol. The second kappa shape index (κ2) is 9.25. The number of ether oxygens (including phenoxy) is 2. The van der Waals surface area contributed by atoms with Gasteiger partial charge >= 0.3 is 0 Å². The van der Waals surface area contributed by atoms with E-state index in [1.54, 1.807) is 50.6 Å². The van der Waals surface area contributed by atoms with Gasteiger partial charge in [0.05, 0.1) is 24.6 Å². The molecule has 0 aliphatic heterocycles. The minimum Gasteiger partial charge on any atom is -0.506 e. The number of anilines is 3. The van der Waals surface area contributed by atoms with Crippen molar-refractivity contribution in [3.8, 4) is 0 Å². The molecule has 8 nitrogen and oxygen atoms in total. The number of rotatable bonds is 7. The van der Waals surface area contributed by atoms with Crippen LogP contribution >= 0.6 is 0 Å². The van der Waals surface area contributed by atoms with E-state index < -0.39 is 0 Å². The monoisotopic (exact) mass is 408 g/mol. The molecule has 8 heteroatoms. The molecule has 0 spiro atoms. The number of hydrogen-bond acceptors (Lipinski definition) is 8. The van der Waals surface area contributed by atoms with Gasteiger partial charge in [-0.3, -0.25) is 4.79 Å². The van der Waals surface area contributed by atoms with Gasteiger partial charge < -0.3 is 31.4 Å². The fraction of sp³-hybridized carbons (Fsp3) is 0.182. The van der Waals surface area contributed by atoms with E-state index in [-0.39, 0.29) is 23.0 Å². The first kappa shape index (κ1) is 21.1. The molecule has 30 heavy (non-hydrogen) atoms. The number of nitrogens with two attached hydrogens (primary N) is 2. The first-order valence-corrected chi connectivity index (χ1v) is 9.18. The topological polar surface area (TPSA) is 132 Å². The predicted octanol–water partition coefficient (Wildman–Crippen LogP) is 3.24. The third-order valence-electron chi connectivity index (χ3n) is 4.47. The largest absolute Gasteiger partial charge is 0.506 e. The number of hydrogen-bond donors (Lipinski definition) is 4. The molecule has 0 radical (unpaired) electrons. The number of carbonyl (C=O) groups excluding carboxylic acids is 1. The summed E-state index contributed by atoms with van der Waals surface area (Å²) in [6.45, 7) is 0.692. The summed E-state index contributed by atoms with van der Waals surface area (Å²) in [4.78, 5) is 16.8. The number of aliphatic hydroxyl groups excluding tert-OH is 1. The molecule has 0 aromatic heterocycles. The normalized spacial score (nSPS) is 15.1. The molecule has 2 aromatic rings. The Hall–Kier alpha value is -3.62. The maximum absolute atomic E-state index is 12.4. The Morgan fingerprint density at radius 3 is 2.27 bits per heavy atom. The zero-order chi connectivity index (χ0) is 21.7. The Labute approximate surface area is 174 Å². The van der Waals surface area contributed by atoms with E-state index in [4.69, 9.17) is 20.9 Å². The fourth-order valence-corrected chi connectivity index (χ4v) is 2.95. The Kier molecular flexibility index (Phi) is 6.51. The lowest BCUT2D eigenvalue weighted by Crippen LogP contribution is -2.18. The van der Waals surface area contributed by atoms with Crippen molar-refractivity contribution in [2.24, 2.45) is 4.99 Å². The van der Waals surface area contributed by atoms with E-state index in [0.29, 0.717) is 36.0 Å². The number of aliphatic imine (C=N–C) groups is 1. The van der Waals surface area contributed by atoms with Gasteiger partial charge in [0.2, 0.25) is 5.78 Å². The van der Waals surface area contributed by atoms with E-state index in [1.165, 1.54) is 6.08 Å². The number of nitrogens with zero attached hydrogens (tertiary/aromatic N) is 1. The average Bonchev–Trinajstić information content (AvgIpc) is 2.71. The molecule has 0 atom stereocenters. The van der Waals surface area contributed by atoms with Gasteiger partial charge in [0, 0.05) is 48.5 Å². The number of methoxy groups -OCH3 is 2. The van der Waals surface area contributed by atoms with Crippen LogP contribution in [0.25, 0.3) is 0 Å². The molecule has 0 amide bonds. The highest BCUT2D eigenvalue weighted by molar-refractivity contribution is 6.22. The number of ketones is 1. The smallest absolute Gasteiger partial charge is 0.205 e. The molecule has 1 aliphatic rings. The summed E-state index contributed by atoms with van der Waals surface area (Å²) in [6, 6.07) is 10.5. The summed E-state index contributed by atoms with van der Waals surface area (Å²) in [6.07, 6.45) is 2.62. The molecule has 0 fully saturated rings. The summed E-state index contributed by atoms with van der Waals surface area (Å²) in [5.74, 6) is -0.581. The molecule has 0 saturated carbocycles. The van der Waals surface area contributed by atoms with Crippen LogP contribution in [0.5, 0.6) is 0 Å². The van der Waals surface area contributed by atoms with E-state index in [1.807, 2.05) is 0 Å². The van der Waals surface area contributed by atoms with Gasteiger partial charge in [-0.25, -0.2) is 4.99 Å². The number of nitrogens with one attached hydrogen (secondary N) is 1. The minimum atomic E-state index is -0.367. The number of allylic oxidation sites excluding steroid dienone is 2. The highest BCUT2D eigenvalue weighted by Crippen LogP contribution is 2.25. The van der Waals surface area contributed by atoms with E-state index in [2.05, 4.69) is 10.3 Å². The van der Waals surface area contributed by atoms with Gasteiger partial charge in [0.15, 0.2) is 0 Å². The molecule has 6 N–H and O–H groups in total. The summed E-state index contributed by atoms with van der Waals surface area (Å²) in [5, 5.41) is 13.3. The van der Waals surface area contributed by atoms with Crippen molar-refractivity contribution < 1.29 is 19.4 Å². The quantitative estimate of drug-likeness (QED) is 0.408. The van der Waals surface area contributed by atoms with E-state index >= 15 is 0 Å². The third-order valence-corrected chi connectivity index (χ3v) is 4.47. The van der Waals surface area contributed by atoms with Gasteiger partial charge in [-0.1, -0.05) is 0 Å². The van der Waals surface area contributed by atoms with Crippen molar-refractivity contribution in [2.75, 3.05) is 31.0 Å². The van der Waals surface area contributed by atoms with Gasteiger partial charge in [0.1, 0.15) is 11.5 Å². The molecule has 0 heterocycles. The van der Waals surface area contributed by atoms with Crippen molar-refractivity contribution in [1.29, 1.82) is 0 Å². The van der Waals surface area contributed by atoms with Crippen LogP contribution in [0.1, 0.15) is 11.1 Å². The second-order valence-corrected chi connectivity index (χ2v) is 6.74. The summed E-state index contributed by atoms with van der Waals surface area (Å²) >= 11 is 0. The Morgan fingerprint density at radius 2 is 1.60 bits per heavy atom. The lowest BCUT2D eigenvalue weighted by molar-refractivity contribution is -0.111. The zero-order valence-corrected chi connectivity index (χ0v) is 16.8. The van der Waals surface area contributed by atoms with Crippen LogP contribution in [-0.4, -0.2) is 30.8 Å². The van der Waals surface area contributed by atoms with Crippen molar-refractivity contribution >= 4 is 34.2 Å². The highest BCUT2D eigenvalue weighted by Gasteiger charge is 2.19. The molecule has 2 aromatic carbocycles. The average molecular weight is 408 g/mol. The van der Waals surface area contributed by atoms with Gasteiger partial charge in [-0.15, -0.1) is 0 Å². The number of aliphatic hydroxyl groups is 1. The molecule has 156 valence electrons. The maximum Gasteiger partial charge on any atom is 0.205 e. The first-order chi connectivity index (χ1) is 14.4. The molecular formula is C22H24N4O4. The molecule has 3 rings (SSSR count). The van der Waals surface area contributed by atoms with Crippen LogP contribution in [0.2, 0.25) is 0 Å². The second-order valence-electron chi connectivity index (χ2n) is 6.74. The molecule has 1 aliphatic carbocycles. The van der Waals surface area contributed by atoms with Crippen LogP contribution < -0.4 is 16.8 Å². The molecule has 0 unspecified atom stereocenters. The summed E-state index contributed by atoms with van der Waals surface area (Å²) in [5.41, 5.74) is 16.4. The zero-order valence-electron chi connectivity index (χ0n) is 16.8. The van der Waals surface area contributed by atoms with E-state index in [0.717, 1.165) is 17.2 Å². The summed E-state index contributed by atoms with van der Waals surface area (Å²) in [7, 11) is 3.16. The van der Waals surface area contributed by atoms with E-state index in [9.17, 15) is 9.90 Å². The number of carbonyl (C=O) groups is 1. The van der Waals surface area contributed by atoms with Crippen LogP contribution in [0.4, 0.5) is 22.7 Å². The van der Waals surface area contributed by atoms with Gasteiger partial charge in [-0.2, -0.15) is 0 Å². The van der Waals surface area contributed by atoms with Crippen LogP contribution in [-0.2, 0) is 27.5 Å².